The molecule has 0 saturated heterocycles. The number of rotatable bonds is 8. The molecule has 0 heterocycles. The van der Waals surface area contributed by atoms with E-state index in [-0.39, 0.29) is 24.0 Å². The highest BCUT2D eigenvalue weighted by Gasteiger charge is 2.09. The first-order valence-corrected chi connectivity index (χ1v) is 7.92. The summed E-state index contributed by atoms with van der Waals surface area (Å²) >= 11 is 0. The van der Waals surface area contributed by atoms with Crippen molar-refractivity contribution in [1.82, 2.24) is 5.32 Å². The first kappa shape index (κ1) is 19.0. The highest BCUT2D eigenvalue weighted by Crippen LogP contribution is 2.11. The predicted octanol–water partition coefficient (Wildman–Crippen LogP) is 2.78. The smallest absolute Gasteiger partial charge is 0.338 e. The number of nitrogens with one attached hydrogen (secondary N) is 2. The Labute approximate surface area is 137 Å². The zero-order valence-corrected chi connectivity index (χ0v) is 14.0. The second kappa shape index (κ2) is 9.84. The zero-order chi connectivity index (χ0) is 17.2. The molecular formula is C17H26N2O4. The SMILES string of the molecule is CCCOC(=O)c1ccc(NC(=O)NCC(C)CC(C)O)cc1. The Balaban J connectivity index is 2.42. The van der Waals surface area contributed by atoms with Crippen molar-refractivity contribution in [2.24, 2.45) is 5.92 Å². The normalized spacial score (nSPS) is 13.0. The molecule has 1 rings (SSSR count). The van der Waals surface area contributed by atoms with Crippen LogP contribution in [0.25, 0.3) is 0 Å². The maximum Gasteiger partial charge on any atom is 0.338 e. The molecule has 6 nitrogen and oxygen atoms in total. The number of ether oxygens (including phenoxy) is 1. The molecule has 0 aliphatic heterocycles. The lowest BCUT2D eigenvalue weighted by Crippen LogP contribution is -2.33. The van der Waals surface area contributed by atoms with Gasteiger partial charge < -0.3 is 20.5 Å². The lowest BCUT2D eigenvalue weighted by atomic mass is 10.1. The van der Waals surface area contributed by atoms with Gasteiger partial charge in [0.05, 0.1) is 18.3 Å². The highest BCUT2D eigenvalue weighted by atomic mass is 16.5. The number of esters is 1. The van der Waals surface area contributed by atoms with Crippen LogP contribution in [0.2, 0.25) is 0 Å². The van der Waals surface area contributed by atoms with Crippen molar-refractivity contribution in [1.29, 1.82) is 0 Å². The first-order valence-electron chi connectivity index (χ1n) is 7.92. The number of carbonyl (C=O) groups is 2. The van der Waals surface area contributed by atoms with Crippen LogP contribution in [-0.4, -0.2) is 36.4 Å². The molecule has 0 radical (unpaired) electrons. The minimum absolute atomic E-state index is 0.191. The van der Waals surface area contributed by atoms with Gasteiger partial charge in [-0.3, -0.25) is 0 Å². The van der Waals surface area contributed by atoms with Crippen LogP contribution >= 0.6 is 0 Å². The molecule has 23 heavy (non-hydrogen) atoms. The quantitative estimate of drug-likeness (QED) is 0.642. The van der Waals surface area contributed by atoms with Crippen LogP contribution in [0.1, 0.15) is 44.0 Å². The van der Waals surface area contributed by atoms with Crippen molar-refractivity contribution in [2.45, 2.75) is 39.7 Å². The maximum atomic E-state index is 11.8. The Kier molecular flexibility index (Phi) is 8.11. The van der Waals surface area contributed by atoms with Gasteiger partial charge in [-0.1, -0.05) is 13.8 Å². The number of hydrogen-bond donors (Lipinski definition) is 3. The summed E-state index contributed by atoms with van der Waals surface area (Å²) in [5, 5.41) is 14.7. The molecule has 1 aromatic rings. The van der Waals surface area contributed by atoms with Crippen LogP contribution in [0.3, 0.4) is 0 Å². The average Bonchev–Trinajstić information content (AvgIpc) is 2.50. The van der Waals surface area contributed by atoms with Gasteiger partial charge in [-0.25, -0.2) is 9.59 Å². The Morgan fingerprint density at radius 1 is 1.22 bits per heavy atom. The average molecular weight is 322 g/mol. The molecule has 3 N–H and O–H groups in total. The van der Waals surface area contributed by atoms with Gasteiger partial charge in [-0.05, 0) is 49.9 Å². The molecular weight excluding hydrogens is 296 g/mol. The summed E-state index contributed by atoms with van der Waals surface area (Å²) in [5.41, 5.74) is 1.05. The van der Waals surface area contributed by atoms with Crippen LogP contribution in [0.15, 0.2) is 24.3 Å². The topological polar surface area (TPSA) is 87.7 Å². The molecule has 0 fully saturated rings. The number of anilines is 1. The molecule has 2 atom stereocenters. The van der Waals surface area contributed by atoms with E-state index >= 15 is 0 Å². The monoisotopic (exact) mass is 322 g/mol. The maximum absolute atomic E-state index is 11.8. The van der Waals surface area contributed by atoms with Gasteiger partial charge in [-0.15, -0.1) is 0 Å². The van der Waals surface area contributed by atoms with Gasteiger partial charge in [0.2, 0.25) is 0 Å². The summed E-state index contributed by atoms with van der Waals surface area (Å²) in [4.78, 5) is 23.4. The van der Waals surface area contributed by atoms with E-state index in [4.69, 9.17) is 4.74 Å². The van der Waals surface area contributed by atoms with Gasteiger partial charge in [0.15, 0.2) is 0 Å². The van der Waals surface area contributed by atoms with E-state index in [1.807, 2.05) is 13.8 Å². The molecule has 128 valence electrons. The van der Waals surface area contributed by atoms with Crippen LogP contribution in [0.4, 0.5) is 10.5 Å². The van der Waals surface area contributed by atoms with Crippen LogP contribution in [0.5, 0.6) is 0 Å². The third-order valence-electron chi connectivity index (χ3n) is 3.17. The van der Waals surface area contributed by atoms with Gasteiger partial charge in [0.1, 0.15) is 0 Å². The Morgan fingerprint density at radius 2 is 1.87 bits per heavy atom. The van der Waals surface area contributed by atoms with E-state index in [9.17, 15) is 14.7 Å². The lowest BCUT2D eigenvalue weighted by Gasteiger charge is -2.14. The van der Waals surface area contributed by atoms with Crippen molar-refractivity contribution in [3.63, 3.8) is 0 Å². The van der Waals surface area contributed by atoms with Crippen LogP contribution in [0, 0.1) is 5.92 Å². The number of aliphatic hydroxyl groups excluding tert-OH is 1. The van der Waals surface area contributed by atoms with Crippen LogP contribution < -0.4 is 10.6 Å². The largest absolute Gasteiger partial charge is 0.462 e. The van der Waals surface area contributed by atoms with E-state index < -0.39 is 0 Å². The molecule has 2 unspecified atom stereocenters. The molecule has 0 saturated carbocycles. The fraction of sp³-hybridized carbons (Fsp3) is 0.529. The number of urea groups is 1. The number of carbonyl (C=O) groups excluding carboxylic acids is 2. The number of amides is 2. The molecule has 0 aliphatic rings. The van der Waals surface area contributed by atoms with Crippen LogP contribution in [-0.2, 0) is 4.74 Å². The van der Waals surface area contributed by atoms with Crippen molar-refractivity contribution >= 4 is 17.7 Å². The highest BCUT2D eigenvalue weighted by molar-refractivity contribution is 5.92. The summed E-state index contributed by atoms with van der Waals surface area (Å²) in [7, 11) is 0. The molecule has 0 spiro atoms. The number of hydrogen-bond acceptors (Lipinski definition) is 4. The summed E-state index contributed by atoms with van der Waals surface area (Å²) in [6.45, 7) is 6.50. The summed E-state index contributed by atoms with van der Waals surface area (Å²) in [5.74, 6) is -0.175. The molecule has 0 aliphatic carbocycles. The van der Waals surface area contributed by atoms with Crippen molar-refractivity contribution in [2.75, 3.05) is 18.5 Å². The lowest BCUT2D eigenvalue weighted by molar-refractivity contribution is 0.0505. The van der Waals surface area contributed by atoms with Gasteiger partial charge in [0, 0.05) is 12.2 Å². The van der Waals surface area contributed by atoms with E-state index in [1.54, 1.807) is 31.2 Å². The third-order valence-corrected chi connectivity index (χ3v) is 3.17. The Morgan fingerprint density at radius 3 is 2.43 bits per heavy atom. The minimum Gasteiger partial charge on any atom is -0.462 e. The van der Waals surface area contributed by atoms with Crippen molar-refractivity contribution < 1.29 is 19.4 Å². The minimum atomic E-state index is -0.380. The number of benzene rings is 1. The molecule has 2 amide bonds. The predicted molar refractivity (Wildman–Crippen MR) is 89.5 cm³/mol. The molecule has 6 heteroatoms. The Bertz CT molecular complexity index is 500. The first-order chi connectivity index (χ1) is 10.9. The zero-order valence-electron chi connectivity index (χ0n) is 14.0. The van der Waals surface area contributed by atoms with Gasteiger partial charge in [-0.2, -0.15) is 0 Å². The van der Waals surface area contributed by atoms with E-state index in [0.29, 0.717) is 30.8 Å². The van der Waals surface area contributed by atoms with Crippen molar-refractivity contribution in [3.8, 4) is 0 Å². The van der Waals surface area contributed by atoms with E-state index in [1.165, 1.54) is 0 Å². The van der Waals surface area contributed by atoms with Gasteiger partial charge in [0.25, 0.3) is 0 Å². The molecule has 0 aromatic heterocycles. The number of aliphatic hydroxyl groups is 1. The summed E-state index contributed by atoms with van der Waals surface area (Å²) < 4.78 is 5.04. The van der Waals surface area contributed by atoms with Gasteiger partial charge >= 0.3 is 12.0 Å². The Hall–Kier alpha value is -2.08. The standard InChI is InChI=1S/C17H26N2O4/c1-4-9-23-16(21)14-5-7-15(8-6-14)19-17(22)18-11-12(2)10-13(3)20/h5-8,12-13,20H,4,9-11H2,1-3H3,(H2,18,19,22). The summed E-state index contributed by atoms with van der Waals surface area (Å²) in [6.07, 6.45) is 1.03. The van der Waals surface area contributed by atoms with E-state index in [2.05, 4.69) is 10.6 Å². The fourth-order valence-electron chi connectivity index (χ4n) is 2.08. The molecule has 1 aromatic carbocycles. The second-order valence-electron chi connectivity index (χ2n) is 5.74. The molecule has 0 bridgehead atoms. The third kappa shape index (κ3) is 7.65. The van der Waals surface area contributed by atoms with Crippen molar-refractivity contribution in [3.05, 3.63) is 29.8 Å². The van der Waals surface area contributed by atoms with E-state index in [0.717, 1.165) is 6.42 Å². The fourth-order valence-corrected chi connectivity index (χ4v) is 2.08. The second-order valence-corrected chi connectivity index (χ2v) is 5.74. The summed E-state index contributed by atoms with van der Waals surface area (Å²) in [6, 6.07) is 6.22.